The highest BCUT2D eigenvalue weighted by Gasteiger charge is 2.09. The number of amides is 2. The molecule has 0 aliphatic heterocycles. The number of hydrogen-bond acceptors (Lipinski definition) is 4. The van der Waals surface area contributed by atoms with Gasteiger partial charge in [-0.05, 0) is 24.3 Å². The van der Waals surface area contributed by atoms with Crippen molar-refractivity contribution < 1.29 is 14.3 Å². The molecule has 0 spiro atoms. The predicted molar refractivity (Wildman–Crippen MR) is 74.7 cm³/mol. The number of nitrogens with one attached hydrogen (secondary N) is 2. The van der Waals surface area contributed by atoms with Crippen LogP contribution in [0.5, 0.6) is 0 Å². The summed E-state index contributed by atoms with van der Waals surface area (Å²) in [6.45, 7) is 0. The fourth-order valence-corrected chi connectivity index (χ4v) is 1.54. The number of aromatic nitrogens is 1. The highest BCUT2D eigenvalue weighted by atomic mass is 16.5. The summed E-state index contributed by atoms with van der Waals surface area (Å²) in [5.41, 5.74) is 1.26. The normalized spacial score (nSPS) is 9.65. The van der Waals surface area contributed by atoms with Crippen LogP contribution in [0.2, 0.25) is 0 Å². The maximum absolute atomic E-state index is 11.8. The molecule has 0 aliphatic carbocycles. The SMILES string of the molecule is COC(=O)c1cc(NC(=O)Nc2ccccc2)ccn1. The van der Waals surface area contributed by atoms with E-state index in [1.807, 2.05) is 18.2 Å². The van der Waals surface area contributed by atoms with Gasteiger partial charge in [-0.1, -0.05) is 18.2 Å². The topological polar surface area (TPSA) is 80.3 Å². The second kappa shape index (κ2) is 6.33. The molecule has 0 bridgehead atoms. The molecule has 2 rings (SSSR count). The van der Waals surface area contributed by atoms with Gasteiger partial charge < -0.3 is 15.4 Å². The Balaban J connectivity index is 2.03. The molecule has 0 unspecified atom stereocenters. The van der Waals surface area contributed by atoms with Gasteiger partial charge in [-0.3, -0.25) is 0 Å². The van der Waals surface area contributed by atoms with Crippen LogP contribution in [0.4, 0.5) is 16.2 Å². The third kappa shape index (κ3) is 3.55. The van der Waals surface area contributed by atoms with Gasteiger partial charge in [0.15, 0.2) is 0 Å². The van der Waals surface area contributed by atoms with Gasteiger partial charge >= 0.3 is 12.0 Å². The van der Waals surface area contributed by atoms with Gasteiger partial charge in [-0.2, -0.15) is 0 Å². The first kappa shape index (κ1) is 13.5. The van der Waals surface area contributed by atoms with Gasteiger partial charge in [0.25, 0.3) is 0 Å². The van der Waals surface area contributed by atoms with Gasteiger partial charge in [0.1, 0.15) is 5.69 Å². The maximum atomic E-state index is 11.8. The summed E-state index contributed by atoms with van der Waals surface area (Å²) in [6.07, 6.45) is 1.42. The first-order chi connectivity index (χ1) is 9.69. The summed E-state index contributed by atoms with van der Waals surface area (Å²) in [4.78, 5) is 27.0. The molecular formula is C14H13N3O3. The second-order valence-corrected chi connectivity index (χ2v) is 3.87. The summed E-state index contributed by atoms with van der Waals surface area (Å²) >= 11 is 0. The molecule has 0 atom stereocenters. The fraction of sp³-hybridized carbons (Fsp3) is 0.0714. The minimum Gasteiger partial charge on any atom is -0.464 e. The van der Waals surface area contributed by atoms with Crippen LogP contribution in [0, 0.1) is 0 Å². The van der Waals surface area contributed by atoms with Crippen molar-refractivity contribution in [3.8, 4) is 0 Å². The van der Waals surface area contributed by atoms with Crippen LogP contribution in [0.3, 0.4) is 0 Å². The average Bonchev–Trinajstić information content (AvgIpc) is 2.47. The number of methoxy groups -OCH3 is 1. The molecule has 0 radical (unpaired) electrons. The van der Waals surface area contributed by atoms with E-state index in [1.54, 1.807) is 18.2 Å². The summed E-state index contributed by atoms with van der Waals surface area (Å²) < 4.78 is 4.56. The van der Waals surface area contributed by atoms with Crippen molar-refractivity contribution in [2.75, 3.05) is 17.7 Å². The minimum absolute atomic E-state index is 0.130. The van der Waals surface area contributed by atoms with Gasteiger partial charge in [0.2, 0.25) is 0 Å². The molecule has 2 N–H and O–H groups in total. The van der Waals surface area contributed by atoms with Crippen molar-refractivity contribution in [1.82, 2.24) is 4.98 Å². The number of carbonyl (C=O) groups is 2. The largest absolute Gasteiger partial charge is 0.464 e. The summed E-state index contributed by atoms with van der Waals surface area (Å²) in [5, 5.41) is 5.28. The van der Waals surface area contributed by atoms with E-state index in [-0.39, 0.29) is 5.69 Å². The van der Waals surface area contributed by atoms with E-state index in [9.17, 15) is 9.59 Å². The van der Waals surface area contributed by atoms with E-state index in [0.717, 1.165) is 0 Å². The molecular weight excluding hydrogens is 258 g/mol. The molecule has 20 heavy (non-hydrogen) atoms. The van der Waals surface area contributed by atoms with Crippen LogP contribution in [-0.4, -0.2) is 24.1 Å². The standard InChI is InChI=1S/C14H13N3O3/c1-20-13(18)12-9-11(7-8-15-12)17-14(19)16-10-5-3-2-4-6-10/h2-9H,1H3,(H2,15,16,17,19). The fourth-order valence-electron chi connectivity index (χ4n) is 1.54. The smallest absolute Gasteiger partial charge is 0.356 e. The monoisotopic (exact) mass is 271 g/mol. The summed E-state index contributed by atoms with van der Waals surface area (Å²) in [6, 6.07) is 11.6. The van der Waals surface area contributed by atoms with Crippen LogP contribution in [-0.2, 0) is 4.74 Å². The highest BCUT2D eigenvalue weighted by molar-refractivity contribution is 6.00. The molecule has 102 valence electrons. The number of para-hydroxylation sites is 1. The Kier molecular flexibility index (Phi) is 4.28. The molecule has 0 saturated heterocycles. The first-order valence-electron chi connectivity index (χ1n) is 5.86. The summed E-state index contributed by atoms with van der Waals surface area (Å²) in [5.74, 6) is -0.558. The Bertz CT molecular complexity index is 614. The third-order valence-electron chi connectivity index (χ3n) is 2.44. The van der Waals surface area contributed by atoms with E-state index in [4.69, 9.17) is 0 Å². The van der Waals surface area contributed by atoms with Crippen molar-refractivity contribution >= 4 is 23.4 Å². The van der Waals surface area contributed by atoms with E-state index >= 15 is 0 Å². The first-order valence-corrected chi connectivity index (χ1v) is 5.86. The third-order valence-corrected chi connectivity index (χ3v) is 2.44. The Morgan fingerprint density at radius 3 is 2.45 bits per heavy atom. The van der Waals surface area contributed by atoms with Crippen LogP contribution in [0.25, 0.3) is 0 Å². The van der Waals surface area contributed by atoms with Crippen LogP contribution < -0.4 is 10.6 Å². The number of nitrogens with zero attached hydrogens (tertiary/aromatic N) is 1. The van der Waals surface area contributed by atoms with Crippen molar-refractivity contribution in [1.29, 1.82) is 0 Å². The molecule has 6 heteroatoms. The van der Waals surface area contributed by atoms with Crippen LogP contribution in [0.15, 0.2) is 48.7 Å². The molecule has 2 aromatic rings. The zero-order chi connectivity index (χ0) is 14.4. The lowest BCUT2D eigenvalue weighted by Gasteiger charge is -2.08. The van der Waals surface area contributed by atoms with Gasteiger partial charge in [-0.25, -0.2) is 14.6 Å². The second-order valence-electron chi connectivity index (χ2n) is 3.87. The maximum Gasteiger partial charge on any atom is 0.356 e. The van der Waals surface area contributed by atoms with Gasteiger partial charge in [-0.15, -0.1) is 0 Å². The number of benzene rings is 1. The lowest BCUT2D eigenvalue weighted by atomic mass is 10.3. The molecule has 6 nitrogen and oxygen atoms in total. The number of esters is 1. The quantitative estimate of drug-likeness (QED) is 0.840. The van der Waals surface area contributed by atoms with Crippen molar-refractivity contribution in [3.63, 3.8) is 0 Å². The molecule has 0 saturated carbocycles. The Labute approximate surface area is 115 Å². The van der Waals surface area contributed by atoms with Gasteiger partial charge in [0, 0.05) is 17.6 Å². The van der Waals surface area contributed by atoms with Crippen molar-refractivity contribution in [2.45, 2.75) is 0 Å². The molecule has 1 heterocycles. The number of anilines is 2. The lowest BCUT2D eigenvalue weighted by Crippen LogP contribution is -2.19. The number of hydrogen-bond donors (Lipinski definition) is 2. The van der Waals surface area contributed by atoms with E-state index in [0.29, 0.717) is 11.4 Å². The van der Waals surface area contributed by atoms with Crippen LogP contribution >= 0.6 is 0 Å². The lowest BCUT2D eigenvalue weighted by molar-refractivity contribution is 0.0594. The summed E-state index contributed by atoms with van der Waals surface area (Å²) in [7, 11) is 1.27. The van der Waals surface area contributed by atoms with Crippen molar-refractivity contribution in [3.05, 3.63) is 54.4 Å². The Morgan fingerprint density at radius 1 is 1.05 bits per heavy atom. The minimum atomic E-state index is -0.558. The van der Waals surface area contributed by atoms with Crippen molar-refractivity contribution in [2.24, 2.45) is 0 Å². The Morgan fingerprint density at radius 2 is 1.75 bits per heavy atom. The number of carbonyl (C=O) groups excluding carboxylic acids is 2. The Hall–Kier alpha value is -2.89. The molecule has 1 aromatic carbocycles. The number of ether oxygens (including phenoxy) is 1. The predicted octanol–water partition coefficient (Wildman–Crippen LogP) is 2.51. The highest BCUT2D eigenvalue weighted by Crippen LogP contribution is 2.10. The molecule has 0 fully saturated rings. The average molecular weight is 271 g/mol. The molecule has 0 aliphatic rings. The number of rotatable bonds is 3. The zero-order valence-corrected chi connectivity index (χ0v) is 10.8. The number of urea groups is 1. The van der Waals surface area contributed by atoms with E-state index in [1.165, 1.54) is 19.4 Å². The van der Waals surface area contributed by atoms with Crippen LogP contribution in [0.1, 0.15) is 10.5 Å². The zero-order valence-electron chi connectivity index (χ0n) is 10.8. The van der Waals surface area contributed by atoms with E-state index in [2.05, 4.69) is 20.4 Å². The van der Waals surface area contributed by atoms with Gasteiger partial charge in [0.05, 0.1) is 7.11 Å². The van der Waals surface area contributed by atoms with E-state index < -0.39 is 12.0 Å². The number of pyridine rings is 1. The molecule has 1 aromatic heterocycles. The molecule has 2 amide bonds.